The van der Waals surface area contributed by atoms with Crippen molar-refractivity contribution in [3.8, 4) is 17.6 Å². The van der Waals surface area contributed by atoms with Gasteiger partial charge in [0.15, 0.2) is 11.5 Å². The topological polar surface area (TPSA) is 99.9 Å². The predicted octanol–water partition coefficient (Wildman–Crippen LogP) is 3.57. The molecule has 0 aliphatic carbocycles. The third kappa shape index (κ3) is 3.79. The van der Waals surface area contributed by atoms with Gasteiger partial charge in [-0.05, 0) is 41.8 Å². The third-order valence-corrected chi connectivity index (χ3v) is 5.48. The smallest absolute Gasteiger partial charge is 0.313 e. The number of halogens is 1. The fourth-order valence-corrected chi connectivity index (χ4v) is 3.95. The van der Waals surface area contributed by atoms with Crippen molar-refractivity contribution in [3.05, 3.63) is 58.7 Å². The molecular formula is C22H21ClN2O5. The Morgan fingerprint density at radius 1 is 1.20 bits per heavy atom. The number of carbonyl (C=O) groups is 2. The average Bonchev–Trinajstić information content (AvgIpc) is 2.77. The predicted molar refractivity (Wildman–Crippen MR) is 110 cm³/mol. The highest BCUT2D eigenvalue weighted by Gasteiger charge is 2.44. The fourth-order valence-electron chi connectivity index (χ4n) is 3.83. The lowest BCUT2D eigenvalue weighted by Gasteiger charge is -2.41. The molecule has 1 aliphatic heterocycles. The number of carbonyl (C=O) groups excluding carboxylic acids is 1. The number of carboxylic acid groups (broad SMARTS) is 1. The van der Waals surface area contributed by atoms with Crippen molar-refractivity contribution in [2.45, 2.75) is 18.4 Å². The molecule has 2 aromatic rings. The summed E-state index contributed by atoms with van der Waals surface area (Å²) in [6.45, 7) is 0.296. The molecule has 0 saturated heterocycles. The average molecular weight is 429 g/mol. The highest BCUT2D eigenvalue weighted by atomic mass is 35.5. The van der Waals surface area contributed by atoms with Crippen LogP contribution in [0.5, 0.6) is 11.5 Å². The molecule has 3 rings (SSSR count). The van der Waals surface area contributed by atoms with Gasteiger partial charge in [-0.3, -0.25) is 9.59 Å². The molecule has 8 heteroatoms. The molecule has 1 heterocycles. The quantitative estimate of drug-likeness (QED) is 0.676. The second-order valence-corrected chi connectivity index (χ2v) is 7.21. The number of rotatable bonds is 7. The lowest BCUT2D eigenvalue weighted by molar-refractivity contribution is -0.140. The van der Waals surface area contributed by atoms with E-state index in [4.69, 9.17) is 26.3 Å². The molecule has 1 aliphatic rings. The van der Waals surface area contributed by atoms with Crippen LogP contribution in [0.1, 0.15) is 45.4 Å². The Hall–Kier alpha value is -3.24. The number of nitriles is 1. The molecule has 0 bridgehead atoms. The highest BCUT2D eigenvalue weighted by Crippen LogP contribution is 2.46. The summed E-state index contributed by atoms with van der Waals surface area (Å²) < 4.78 is 10.6. The third-order valence-electron chi connectivity index (χ3n) is 5.21. The van der Waals surface area contributed by atoms with Gasteiger partial charge in [0.2, 0.25) is 0 Å². The number of aliphatic carboxylic acids is 1. The van der Waals surface area contributed by atoms with E-state index in [2.05, 4.69) is 0 Å². The molecule has 0 spiro atoms. The number of ether oxygens (including phenoxy) is 2. The Kier molecular flexibility index (Phi) is 6.48. The van der Waals surface area contributed by atoms with Gasteiger partial charge < -0.3 is 19.5 Å². The van der Waals surface area contributed by atoms with E-state index in [1.54, 1.807) is 30.3 Å². The van der Waals surface area contributed by atoms with Crippen LogP contribution >= 0.6 is 11.6 Å². The summed E-state index contributed by atoms with van der Waals surface area (Å²) in [6, 6.07) is 11.0. The van der Waals surface area contributed by atoms with Crippen LogP contribution in [0.4, 0.5) is 0 Å². The normalized spacial score (nSPS) is 17.8. The summed E-state index contributed by atoms with van der Waals surface area (Å²) in [6.07, 6.45) is 0.509. The molecule has 0 unspecified atom stereocenters. The Labute approximate surface area is 179 Å². The zero-order valence-corrected chi connectivity index (χ0v) is 17.3. The standard InChI is InChI=1S/C22H21ClN2O5/c1-29-17-10-15-16(11-18(17)30-2)21(26)25(9-3-8-23)20(19(15)22(27)28)14-6-4-13(12-24)5-7-14/h4-7,10-11,19-20H,3,8-9H2,1-2H3,(H,27,28)/t19-,20-/m1/s1. The van der Waals surface area contributed by atoms with Crippen LogP contribution in [0.25, 0.3) is 0 Å². The lowest BCUT2D eigenvalue weighted by Crippen LogP contribution is -2.45. The molecule has 0 saturated carbocycles. The molecule has 7 nitrogen and oxygen atoms in total. The van der Waals surface area contributed by atoms with E-state index < -0.39 is 17.9 Å². The number of nitrogens with zero attached hydrogens (tertiary/aromatic N) is 2. The first kappa shape index (κ1) is 21.5. The molecule has 1 amide bonds. The SMILES string of the molecule is COc1cc2c(cc1OC)[C@@H](C(=O)O)[C@@H](c1ccc(C#N)cc1)N(CCCCl)C2=O. The molecule has 0 radical (unpaired) electrons. The first-order valence-corrected chi connectivity index (χ1v) is 9.86. The molecule has 1 N–H and O–H groups in total. The van der Waals surface area contributed by atoms with Crippen LogP contribution < -0.4 is 9.47 Å². The van der Waals surface area contributed by atoms with Gasteiger partial charge >= 0.3 is 5.97 Å². The summed E-state index contributed by atoms with van der Waals surface area (Å²) in [5, 5.41) is 19.2. The summed E-state index contributed by atoms with van der Waals surface area (Å²) in [5.41, 5.74) is 1.71. The Morgan fingerprint density at radius 3 is 2.37 bits per heavy atom. The molecule has 2 atom stereocenters. The van der Waals surface area contributed by atoms with E-state index in [-0.39, 0.29) is 11.5 Å². The molecule has 2 aromatic carbocycles. The van der Waals surface area contributed by atoms with Gasteiger partial charge in [-0.1, -0.05) is 12.1 Å². The Balaban J connectivity index is 2.23. The number of fused-ring (bicyclic) bond motifs is 1. The van der Waals surface area contributed by atoms with Crippen LogP contribution in [-0.2, 0) is 4.79 Å². The van der Waals surface area contributed by atoms with E-state index in [9.17, 15) is 14.7 Å². The van der Waals surface area contributed by atoms with Crippen molar-refractivity contribution in [3.63, 3.8) is 0 Å². The van der Waals surface area contributed by atoms with Crippen molar-refractivity contribution >= 4 is 23.5 Å². The van der Waals surface area contributed by atoms with Gasteiger partial charge in [0.1, 0.15) is 5.92 Å². The monoisotopic (exact) mass is 428 g/mol. The molecule has 30 heavy (non-hydrogen) atoms. The van der Waals surface area contributed by atoms with E-state index in [0.29, 0.717) is 47.0 Å². The van der Waals surface area contributed by atoms with Gasteiger partial charge in [-0.25, -0.2) is 0 Å². The minimum absolute atomic E-state index is 0.263. The van der Waals surface area contributed by atoms with Crippen LogP contribution in [0.15, 0.2) is 36.4 Å². The van der Waals surface area contributed by atoms with Crippen LogP contribution in [0, 0.1) is 11.3 Å². The van der Waals surface area contributed by atoms with Gasteiger partial charge in [0.25, 0.3) is 5.91 Å². The number of alkyl halides is 1. The number of amides is 1. The number of benzene rings is 2. The summed E-state index contributed by atoms with van der Waals surface area (Å²) in [7, 11) is 2.91. The van der Waals surface area contributed by atoms with E-state index >= 15 is 0 Å². The molecule has 156 valence electrons. The number of methoxy groups -OCH3 is 2. The largest absolute Gasteiger partial charge is 0.493 e. The van der Waals surface area contributed by atoms with Crippen molar-refractivity contribution in [1.29, 1.82) is 5.26 Å². The molecule has 0 aromatic heterocycles. The second-order valence-electron chi connectivity index (χ2n) is 6.83. The molecular weight excluding hydrogens is 408 g/mol. The molecule has 0 fully saturated rings. The van der Waals surface area contributed by atoms with Gasteiger partial charge in [0.05, 0.1) is 31.9 Å². The van der Waals surface area contributed by atoms with E-state index in [0.717, 1.165) is 0 Å². The van der Waals surface area contributed by atoms with Gasteiger partial charge in [-0.15, -0.1) is 11.6 Å². The zero-order valence-electron chi connectivity index (χ0n) is 16.6. The zero-order chi connectivity index (χ0) is 21.8. The van der Waals surface area contributed by atoms with Gasteiger partial charge in [-0.2, -0.15) is 5.26 Å². The number of hydrogen-bond donors (Lipinski definition) is 1. The van der Waals surface area contributed by atoms with Crippen molar-refractivity contribution in [2.24, 2.45) is 0 Å². The minimum Gasteiger partial charge on any atom is -0.493 e. The Morgan fingerprint density at radius 2 is 1.83 bits per heavy atom. The highest BCUT2D eigenvalue weighted by molar-refractivity contribution is 6.17. The summed E-state index contributed by atoms with van der Waals surface area (Å²) in [5.74, 6) is -1.36. The first-order valence-electron chi connectivity index (χ1n) is 9.32. The second kappa shape index (κ2) is 9.06. The van der Waals surface area contributed by atoms with Crippen molar-refractivity contribution < 1.29 is 24.2 Å². The van der Waals surface area contributed by atoms with E-state index in [1.165, 1.54) is 25.2 Å². The minimum atomic E-state index is -1.07. The van der Waals surface area contributed by atoms with E-state index in [1.807, 2.05) is 6.07 Å². The van der Waals surface area contributed by atoms with Gasteiger partial charge in [0, 0.05) is 18.0 Å². The van der Waals surface area contributed by atoms with Crippen LogP contribution in [0.3, 0.4) is 0 Å². The maximum absolute atomic E-state index is 13.4. The fraction of sp³-hybridized carbons (Fsp3) is 0.318. The van der Waals surface area contributed by atoms with Crippen molar-refractivity contribution in [2.75, 3.05) is 26.6 Å². The maximum atomic E-state index is 13.4. The lowest BCUT2D eigenvalue weighted by atomic mass is 9.79. The number of carboxylic acids is 1. The summed E-state index contributed by atoms with van der Waals surface area (Å²) >= 11 is 5.86. The van der Waals surface area contributed by atoms with Crippen LogP contribution in [-0.4, -0.2) is 48.5 Å². The summed E-state index contributed by atoms with van der Waals surface area (Å²) in [4.78, 5) is 27.4. The van der Waals surface area contributed by atoms with Crippen LogP contribution in [0.2, 0.25) is 0 Å². The van der Waals surface area contributed by atoms with Crippen molar-refractivity contribution in [1.82, 2.24) is 4.90 Å². The first-order chi connectivity index (χ1) is 14.5. The Bertz CT molecular complexity index is 1000. The number of hydrogen-bond acceptors (Lipinski definition) is 5. The maximum Gasteiger partial charge on any atom is 0.313 e.